The Kier molecular flexibility index (Phi) is 4.88. The third-order valence-corrected chi connectivity index (χ3v) is 6.10. The van der Waals surface area contributed by atoms with Crippen LogP contribution < -0.4 is 0 Å². The molecule has 2 saturated carbocycles. The summed E-state index contributed by atoms with van der Waals surface area (Å²) in [6, 6.07) is 0. The van der Waals surface area contributed by atoms with E-state index in [-0.39, 0.29) is 29.4 Å². The summed E-state index contributed by atoms with van der Waals surface area (Å²) in [5, 5.41) is 0. The van der Waals surface area contributed by atoms with Gasteiger partial charge in [-0.1, -0.05) is 27.2 Å². The molecule has 0 bridgehead atoms. The van der Waals surface area contributed by atoms with Crippen LogP contribution in [-0.4, -0.2) is 24.6 Å². The van der Waals surface area contributed by atoms with Crippen molar-refractivity contribution < 1.29 is 19.1 Å². The van der Waals surface area contributed by atoms with Crippen LogP contribution in [0.15, 0.2) is 0 Å². The Balaban J connectivity index is 2.28. The van der Waals surface area contributed by atoms with Gasteiger partial charge in [-0.2, -0.15) is 0 Å². The molecule has 2 aliphatic rings. The van der Waals surface area contributed by atoms with Gasteiger partial charge in [0.1, 0.15) is 6.10 Å². The van der Waals surface area contributed by atoms with Crippen molar-refractivity contribution in [3.05, 3.63) is 0 Å². The molecule has 1 unspecified atom stereocenters. The number of hydrogen-bond donors (Lipinski definition) is 0. The first-order chi connectivity index (χ1) is 10.2. The third-order valence-electron chi connectivity index (χ3n) is 6.10. The van der Waals surface area contributed by atoms with Crippen LogP contribution in [0.4, 0.5) is 0 Å². The molecule has 0 aromatic heterocycles. The number of carbonyl (C=O) groups excluding carboxylic acids is 2. The molecule has 0 aliphatic heterocycles. The van der Waals surface area contributed by atoms with Crippen molar-refractivity contribution in [1.82, 2.24) is 0 Å². The number of hydrogen-bond acceptors (Lipinski definition) is 4. The zero-order valence-electron chi connectivity index (χ0n) is 14.6. The Morgan fingerprint density at radius 2 is 1.73 bits per heavy atom. The molecule has 22 heavy (non-hydrogen) atoms. The summed E-state index contributed by atoms with van der Waals surface area (Å²) in [6.07, 6.45) is 5.36. The molecule has 2 rings (SSSR count). The molecule has 0 saturated heterocycles. The Morgan fingerprint density at radius 1 is 1.05 bits per heavy atom. The van der Waals surface area contributed by atoms with Crippen LogP contribution in [0.5, 0.6) is 0 Å². The van der Waals surface area contributed by atoms with E-state index in [1.54, 1.807) is 0 Å². The largest absolute Gasteiger partial charge is 0.465 e. The van der Waals surface area contributed by atoms with Crippen molar-refractivity contribution in [2.24, 2.45) is 22.7 Å². The zero-order chi connectivity index (χ0) is 16.5. The van der Waals surface area contributed by atoms with Gasteiger partial charge in [-0.15, -0.1) is 0 Å². The zero-order valence-corrected chi connectivity index (χ0v) is 14.6. The monoisotopic (exact) mass is 310 g/mol. The second-order valence-electron chi connectivity index (χ2n) is 8.03. The highest BCUT2D eigenvalue weighted by Crippen LogP contribution is 2.60. The van der Waals surface area contributed by atoms with E-state index < -0.39 is 0 Å². The number of rotatable bonds is 3. The standard InChI is InChI=1S/C18H30O4/c1-12(19)21-11-14-15(22-13(2)20)7-8-16-17(3,4)9-6-10-18(14,16)5/h14-16H,6-11H2,1-5H3/t14-,15+,16?,18+/m0/s1. The van der Waals surface area contributed by atoms with Crippen LogP contribution in [0.25, 0.3) is 0 Å². The lowest BCUT2D eigenvalue weighted by Crippen LogP contribution is -2.55. The lowest BCUT2D eigenvalue weighted by molar-refractivity contribution is -0.179. The van der Waals surface area contributed by atoms with Crippen molar-refractivity contribution in [2.45, 2.75) is 72.8 Å². The number of fused-ring (bicyclic) bond motifs is 1. The van der Waals surface area contributed by atoms with E-state index >= 15 is 0 Å². The normalized spacial score (nSPS) is 37.0. The van der Waals surface area contributed by atoms with Gasteiger partial charge in [-0.05, 0) is 42.4 Å². The summed E-state index contributed by atoms with van der Waals surface area (Å²) in [5.41, 5.74) is 0.359. The molecular weight excluding hydrogens is 280 g/mol. The Hall–Kier alpha value is -1.06. The summed E-state index contributed by atoms with van der Waals surface area (Å²) >= 11 is 0. The van der Waals surface area contributed by atoms with E-state index in [0.717, 1.165) is 19.3 Å². The van der Waals surface area contributed by atoms with E-state index in [1.165, 1.54) is 26.7 Å². The minimum atomic E-state index is -0.262. The molecule has 0 N–H and O–H groups in total. The summed E-state index contributed by atoms with van der Waals surface area (Å²) in [6.45, 7) is 10.3. The second-order valence-corrected chi connectivity index (χ2v) is 8.03. The Morgan fingerprint density at radius 3 is 2.32 bits per heavy atom. The lowest BCUT2D eigenvalue weighted by atomic mass is 9.48. The first kappa shape index (κ1) is 17.3. The minimum absolute atomic E-state index is 0.0650. The Bertz CT molecular complexity index is 442. The quantitative estimate of drug-likeness (QED) is 0.745. The van der Waals surface area contributed by atoms with Crippen molar-refractivity contribution >= 4 is 11.9 Å². The summed E-state index contributed by atoms with van der Waals surface area (Å²) < 4.78 is 10.9. The topological polar surface area (TPSA) is 52.6 Å². The average Bonchev–Trinajstić information content (AvgIpc) is 2.35. The highest BCUT2D eigenvalue weighted by Gasteiger charge is 2.55. The predicted octanol–water partition coefficient (Wildman–Crippen LogP) is 3.72. The fourth-order valence-corrected chi connectivity index (χ4v) is 5.15. The maximum atomic E-state index is 11.5. The molecule has 2 aliphatic carbocycles. The second kappa shape index (κ2) is 6.21. The number of ether oxygens (including phenoxy) is 2. The van der Waals surface area contributed by atoms with Crippen LogP contribution in [0.3, 0.4) is 0 Å². The van der Waals surface area contributed by atoms with E-state index in [2.05, 4.69) is 20.8 Å². The highest BCUT2D eigenvalue weighted by atomic mass is 16.6. The molecule has 4 heteroatoms. The predicted molar refractivity (Wildman–Crippen MR) is 84.1 cm³/mol. The summed E-state index contributed by atoms with van der Waals surface area (Å²) in [4.78, 5) is 22.7. The van der Waals surface area contributed by atoms with E-state index in [4.69, 9.17) is 9.47 Å². The first-order valence-electron chi connectivity index (χ1n) is 8.47. The van der Waals surface area contributed by atoms with Gasteiger partial charge in [0.05, 0.1) is 6.61 Å². The Labute approximate surface area is 133 Å². The maximum absolute atomic E-state index is 11.5. The van der Waals surface area contributed by atoms with Crippen LogP contribution in [-0.2, 0) is 19.1 Å². The van der Waals surface area contributed by atoms with Crippen LogP contribution in [0.2, 0.25) is 0 Å². The third kappa shape index (κ3) is 3.31. The molecule has 0 aromatic rings. The molecule has 2 fully saturated rings. The summed E-state index contributed by atoms with van der Waals surface area (Å²) in [5.74, 6) is 0.178. The van der Waals surface area contributed by atoms with Crippen molar-refractivity contribution in [3.63, 3.8) is 0 Å². The molecule has 4 nitrogen and oxygen atoms in total. The molecule has 0 spiro atoms. The number of esters is 2. The van der Waals surface area contributed by atoms with Crippen LogP contribution >= 0.6 is 0 Å². The SMILES string of the molecule is CC(=O)OC[C@H]1[C@H](OC(C)=O)CCC2C(C)(C)CCC[C@@]21C. The van der Waals surface area contributed by atoms with Gasteiger partial charge < -0.3 is 9.47 Å². The molecule has 0 heterocycles. The smallest absolute Gasteiger partial charge is 0.302 e. The van der Waals surface area contributed by atoms with E-state index in [0.29, 0.717) is 17.9 Å². The van der Waals surface area contributed by atoms with Gasteiger partial charge in [-0.3, -0.25) is 9.59 Å². The lowest BCUT2D eigenvalue weighted by Gasteiger charge is -2.58. The number of carbonyl (C=O) groups is 2. The highest BCUT2D eigenvalue weighted by molar-refractivity contribution is 5.66. The van der Waals surface area contributed by atoms with Crippen LogP contribution in [0, 0.1) is 22.7 Å². The van der Waals surface area contributed by atoms with Crippen molar-refractivity contribution in [3.8, 4) is 0 Å². The first-order valence-corrected chi connectivity index (χ1v) is 8.47. The molecule has 126 valence electrons. The van der Waals surface area contributed by atoms with Gasteiger partial charge in [0, 0.05) is 19.8 Å². The van der Waals surface area contributed by atoms with Crippen LogP contribution in [0.1, 0.15) is 66.7 Å². The van der Waals surface area contributed by atoms with E-state index in [9.17, 15) is 9.59 Å². The maximum Gasteiger partial charge on any atom is 0.302 e. The van der Waals surface area contributed by atoms with Crippen molar-refractivity contribution in [2.75, 3.05) is 6.61 Å². The molecule has 0 aromatic carbocycles. The van der Waals surface area contributed by atoms with Gasteiger partial charge in [-0.25, -0.2) is 0 Å². The van der Waals surface area contributed by atoms with Gasteiger partial charge in [0.15, 0.2) is 0 Å². The van der Waals surface area contributed by atoms with E-state index in [1.807, 2.05) is 0 Å². The van der Waals surface area contributed by atoms with Crippen molar-refractivity contribution in [1.29, 1.82) is 0 Å². The molecular formula is C18H30O4. The fourth-order valence-electron chi connectivity index (χ4n) is 5.15. The minimum Gasteiger partial charge on any atom is -0.465 e. The molecule has 0 amide bonds. The molecule has 0 radical (unpaired) electrons. The molecule has 4 atom stereocenters. The summed E-state index contributed by atoms with van der Waals surface area (Å²) in [7, 11) is 0. The van der Waals surface area contributed by atoms with Gasteiger partial charge >= 0.3 is 11.9 Å². The average molecular weight is 310 g/mol. The van der Waals surface area contributed by atoms with Gasteiger partial charge in [0.2, 0.25) is 0 Å². The fraction of sp³-hybridized carbons (Fsp3) is 0.889. The van der Waals surface area contributed by atoms with Gasteiger partial charge in [0.25, 0.3) is 0 Å².